The van der Waals surface area contributed by atoms with E-state index in [-0.39, 0.29) is 5.91 Å². The van der Waals surface area contributed by atoms with Gasteiger partial charge in [0.15, 0.2) is 0 Å². The molecule has 1 aromatic rings. The summed E-state index contributed by atoms with van der Waals surface area (Å²) in [7, 11) is 1.80. The van der Waals surface area contributed by atoms with E-state index in [1.165, 1.54) is 0 Å². The lowest BCUT2D eigenvalue weighted by molar-refractivity contribution is -0.122. The van der Waals surface area contributed by atoms with Crippen LogP contribution in [0.5, 0.6) is 0 Å². The number of fused-ring (bicyclic) bond motifs is 1. The highest BCUT2D eigenvalue weighted by molar-refractivity contribution is 6.07. The van der Waals surface area contributed by atoms with Crippen LogP contribution in [0.4, 0.5) is 5.69 Å². The van der Waals surface area contributed by atoms with Crippen molar-refractivity contribution in [2.24, 2.45) is 0 Å². The van der Waals surface area contributed by atoms with E-state index >= 15 is 0 Å². The number of carbonyl (C=O) groups is 1. The van der Waals surface area contributed by atoms with E-state index in [1.54, 1.807) is 11.9 Å². The summed E-state index contributed by atoms with van der Waals surface area (Å²) in [5.41, 5.74) is 2.66. The molecule has 0 radical (unpaired) electrons. The van der Waals surface area contributed by atoms with E-state index in [1.807, 2.05) is 32.0 Å². The summed E-state index contributed by atoms with van der Waals surface area (Å²) in [5.74, 6) is 0.0945. The van der Waals surface area contributed by atoms with Crippen LogP contribution in [-0.4, -0.2) is 13.0 Å². The van der Waals surface area contributed by atoms with Gasteiger partial charge in [0, 0.05) is 19.2 Å². The summed E-state index contributed by atoms with van der Waals surface area (Å²) >= 11 is 0. The van der Waals surface area contributed by atoms with Crippen LogP contribution in [0.25, 0.3) is 0 Å². The van der Waals surface area contributed by atoms with Crippen molar-refractivity contribution < 1.29 is 4.79 Å². The van der Waals surface area contributed by atoms with Gasteiger partial charge in [0.05, 0.1) is 11.5 Å². The lowest BCUT2D eigenvalue weighted by Crippen LogP contribution is -2.36. The predicted molar refractivity (Wildman–Crippen MR) is 66.8 cm³/mol. The van der Waals surface area contributed by atoms with E-state index < -0.39 is 5.41 Å². The van der Waals surface area contributed by atoms with Crippen molar-refractivity contribution in [2.45, 2.75) is 32.1 Å². The zero-order chi connectivity index (χ0) is 12.6. The second-order valence-corrected chi connectivity index (χ2v) is 4.82. The molecule has 0 bridgehead atoms. The number of aryl methyl sites for hydroxylation is 1. The number of carbonyl (C=O) groups excluding carboxylic acids is 1. The summed E-state index contributed by atoms with van der Waals surface area (Å²) in [6, 6.07) is 8.09. The monoisotopic (exact) mass is 228 g/mol. The smallest absolute Gasteiger partial charge is 0.237 e. The number of amides is 1. The quantitative estimate of drug-likeness (QED) is 0.780. The Kier molecular flexibility index (Phi) is 2.66. The van der Waals surface area contributed by atoms with Crippen LogP contribution in [-0.2, 0) is 10.2 Å². The van der Waals surface area contributed by atoms with E-state index in [0.29, 0.717) is 12.8 Å². The third-order valence-corrected chi connectivity index (χ3v) is 3.68. The molecular weight excluding hydrogens is 212 g/mol. The highest BCUT2D eigenvalue weighted by Gasteiger charge is 2.46. The van der Waals surface area contributed by atoms with E-state index in [9.17, 15) is 4.79 Å². The average molecular weight is 228 g/mol. The summed E-state index contributed by atoms with van der Waals surface area (Å²) in [4.78, 5) is 14.1. The van der Waals surface area contributed by atoms with Crippen molar-refractivity contribution in [3.05, 3.63) is 29.3 Å². The molecule has 1 amide bonds. The van der Waals surface area contributed by atoms with Gasteiger partial charge in [0.25, 0.3) is 0 Å². The van der Waals surface area contributed by atoms with Gasteiger partial charge in [-0.2, -0.15) is 5.26 Å². The van der Waals surface area contributed by atoms with Gasteiger partial charge in [-0.25, -0.2) is 0 Å². The molecule has 0 fully saturated rings. The Morgan fingerprint density at radius 1 is 1.47 bits per heavy atom. The first-order valence-corrected chi connectivity index (χ1v) is 5.77. The van der Waals surface area contributed by atoms with Gasteiger partial charge in [-0.15, -0.1) is 0 Å². The lowest BCUT2D eigenvalue weighted by atomic mass is 9.78. The Hall–Kier alpha value is -1.82. The SMILES string of the molecule is Cc1cccc2c1[C@](C)(CCC#N)C(=O)N2C. The Balaban J connectivity index is 2.58. The topological polar surface area (TPSA) is 44.1 Å². The molecule has 0 aromatic heterocycles. The first-order valence-electron chi connectivity index (χ1n) is 5.77. The van der Waals surface area contributed by atoms with Crippen molar-refractivity contribution in [2.75, 3.05) is 11.9 Å². The molecule has 88 valence electrons. The lowest BCUT2D eigenvalue weighted by Gasteiger charge is -2.23. The number of rotatable bonds is 2. The molecule has 3 nitrogen and oxygen atoms in total. The van der Waals surface area contributed by atoms with Gasteiger partial charge < -0.3 is 4.90 Å². The van der Waals surface area contributed by atoms with Crippen LogP contribution in [0.3, 0.4) is 0 Å². The number of nitriles is 1. The van der Waals surface area contributed by atoms with Crippen molar-refractivity contribution in [3.8, 4) is 6.07 Å². The first-order chi connectivity index (χ1) is 8.02. The molecule has 17 heavy (non-hydrogen) atoms. The number of hydrogen-bond acceptors (Lipinski definition) is 2. The maximum atomic E-state index is 12.4. The molecule has 0 saturated carbocycles. The molecule has 1 heterocycles. The minimum atomic E-state index is -0.537. The molecule has 1 aliphatic heterocycles. The third-order valence-electron chi connectivity index (χ3n) is 3.68. The van der Waals surface area contributed by atoms with E-state index in [0.717, 1.165) is 16.8 Å². The van der Waals surface area contributed by atoms with Gasteiger partial charge >= 0.3 is 0 Å². The fraction of sp³-hybridized carbons (Fsp3) is 0.429. The van der Waals surface area contributed by atoms with Crippen LogP contribution in [0, 0.1) is 18.3 Å². The number of anilines is 1. The van der Waals surface area contributed by atoms with Gasteiger partial charge in [0.2, 0.25) is 5.91 Å². The van der Waals surface area contributed by atoms with Gasteiger partial charge in [-0.3, -0.25) is 4.79 Å². The molecule has 3 heteroatoms. The average Bonchev–Trinajstić information content (AvgIpc) is 2.51. The number of nitrogens with zero attached hydrogens (tertiary/aromatic N) is 2. The molecule has 0 unspecified atom stereocenters. The highest BCUT2D eigenvalue weighted by atomic mass is 16.2. The van der Waals surface area contributed by atoms with Crippen molar-refractivity contribution >= 4 is 11.6 Å². The maximum Gasteiger partial charge on any atom is 0.237 e. The molecule has 0 aliphatic carbocycles. The molecule has 1 aromatic carbocycles. The zero-order valence-electron chi connectivity index (χ0n) is 10.4. The predicted octanol–water partition coefficient (Wildman–Crippen LogP) is 2.53. The number of benzene rings is 1. The Labute approximate surface area is 102 Å². The second kappa shape index (κ2) is 3.89. The normalized spacial score (nSPS) is 22.5. The molecule has 1 atom stereocenters. The first kappa shape index (κ1) is 11.7. The van der Waals surface area contributed by atoms with Crippen molar-refractivity contribution in [3.63, 3.8) is 0 Å². The summed E-state index contributed by atoms with van der Waals surface area (Å²) in [5, 5.41) is 8.74. The van der Waals surface area contributed by atoms with Gasteiger partial charge in [-0.1, -0.05) is 12.1 Å². The van der Waals surface area contributed by atoms with Gasteiger partial charge in [-0.05, 0) is 37.5 Å². The van der Waals surface area contributed by atoms with Crippen molar-refractivity contribution in [1.29, 1.82) is 5.26 Å². The van der Waals surface area contributed by atoms with Crippen LogP contribution >= 0.6 is 0 Å². The molecule has 0 saturated heterocycles. The fourth-order valence-electron chi connectivity index (χ4n) is 2.77. The molecule has 1 aliphatic rings. The van der Waals surface area contributed by atoms with Crippen LogP contribution in [0.15, 0.2) is 18.2 Å². The van der Waals surface area contributed by atoms with E-state index in [2.05, 4.69) is 6.07 Å². The van der Waals surface area contributed by atoms with E-state index in [4.69, 9.17) is 5.26 Å². The Morgan fingerprint density at radius 3 is 2.82 bits per heavy atom. The van der Waals surface area contributed by atoms with Crippen LogP contribution in [0.2, 0.25) is 0 Å². The minimum Gasteiger partial charge on any atom is -0.314 e. The summed E-state index contributed by atoms with van der Waals surface area (Å²) in [6.07, 6.45) is 0.994. The van der Waals surface area contributed by atoms with Crippen LogP contribution in [0.1, 0.15) is 30.9 Å². The summed E-state index contributed by atoms with van der Waals surface area (Å²) < 4.78 is 0. The molecule has 0 N–H and O–H groups in total. The minimum absolute atomic E-state index is 0.0945. The number of hydrogen-bond donors (Lipinski definition) is 0. The molecule has 0 spiro atoms. The third kappa shape index (κ3) is 1.52. The Morgan fingerprint density at radius 2 is 2.18 bits per heavy atom. The van der Waals surface area contributed by atoms with Gasteiger partial charge in [0.1, 0.15) is 0 Å². The summed E-state index contributed by atoms with van der Waals surface area (Å²) in [6.45, 7) is 3.97. The highest BCUT2D eigenvalue weighted by Crippen LogP contribution is 2.45. The molecular formula is C14H16N2O. The van der Waals surface area contributed by atoms with Crippen molar-refractivity contribution in [1.82, 2.24) is 0 Å². The second-order valence-electron chi connectivity index (χ2n) is 4.82. The largest absolute Gasteiger partial charge is 0.314 e. The molecule has 2 rings (SSSR count). The number of likely N-dealkylation sites (N-methyl/N-ethyl adjacent to an activating group) is 1. The Bertz CT molecular complexity index is 515. The standard InChI is InChI=1S/C14H16N2O/c1-10-6-4-7-11-12(10)14(2,8-5-9-15)13(17)16(11)3/h4,6-7H,5,8H2,1-3H3/t14-/m0/s1. The fourth-order valence-corrected chi connectivity index (χ4v) is 2.77. The maximum absolute atomic E-state index is 12.4. The van der Waals surface area contributed by atoms with Crippen LogP contribution < -0.4 is 4.90 Å². The zero-order valence-corrected chi connectivity index (χ0v) is 10.4.